The van der Waals surface area contributed by atoms with Crippen LogP contribution in [0.15, 0.2) is 59.5 Å². The summed E-state index contributed by atoms with van der Waals surface area (Å²) in [7, 11) is -2.28. The molecule has 3 aromatic carbocycles. The van der Waals surface area contributed by atoms with Gasteiger partial charge >= 0.3 is 0 Å². The molecular formula is C27H31N3O4S. The molecule has 0 saturated carbocycles. The molecule has 0 spiro atoms. The highest BCUT2D eigenvalue weighted by Gasteiger charge is 2.19. The monoisotopic (exact) mass is 493 g/mol. The number of benzene rings is 3. The van der Waals surface area contributed by atoms with E-state index in [0.29, 0.717) is 5.69 Å². The van der Waals surface area contributed by atoms with Crippen LogP contribution in [0.1, 0.15) is 38.2 Å². The van der Waals surface area contributed by atoms with E-state index >= 15 is 0 Å². The fourth-order valence-electron chi connectivity index (χ4n) is 3.86. The summed E-state index contributed by atoms with van der Waals surface area (Å²) in [5, 5.41) is 2.88. The summed E-state index contributed by atoms with van der Waals surface area (Å²) in [6, 6.07) is 14.9. The highest BCUT2D eigenvalue weighted by atomic mass is 32.2. The summed E-state index contributed by atoms with van der Waals surface area (Å²) in [5.41, 5.74) is 6.56. The maximum atomic E-state index is 12.8. The molecule has 0 heterocycles. The molecule has 0 atom stereocenters. The van der Waals surface area contributed by atoms with E-state index in [-0.39, 0.29) is 28.8 Å². The number of aryl methyl sites for hydroxylation is 5. The maximum absolute atomic E-state index is 12.8. The number of sulfonamides is 1. The third kappa shape index (κ3) is 6.27. The molecule has 0 aliphatic carbocycles. The van der Waals surface area contributed by atoms with Gasteiger partial charge in [-0.05, 0) is 93.3 Å². The third-order valence-electron chi connectivity index (χ3n) is 5.84. The van der Waals surface area contributed by atoms with Gasteiger partial charge in [-0.25, -0.2) is 8.42 Å². The molecule has 2 amide bonds. The molecule has 0 fully saturated rings. The van der Waals surface area contributed by atoms with Gasteiger partial charge in [0.05, 0.1) is 11.4 Å². The summed E-state index contributed by atoms with van der Waals surface area (Å²) in [5.74, 6) is -0.698. The molecule has 0 bridgehead atoms. The van der Waals surface area contributed by atoms with E-state index in [0.717, 1.165) is 33.5 Å². The molecule has 7 nitrogen and oxygen atoms in total. The maximum Gasteiger partial charge on any atom is 0.261 e. The topological polar surface area (TPSA) is 95.6 Å². The van der Waals surface area contributed by atoms with Crippen LogP contribution >= 0.6 is 0 Å². The van der Waals surface area contributed by atoms with E-state index in [1.54, 1.807) is 12.1 Å². The van der Waals surface area contributed by atoms with Gasteiger partial charge in [-0.15, -0.1) is 0 Å². The quantitative estimate of drug-likeness (QED) is 0.497. The number of carbonyl (C=O) groups excluding carboxylic acids is 2. The minimum atomic E-state index is -3.81. The number of carbonyl (C=O) groups is 2. The first-order valence-corrected chi connectivity index (χ1v) is 12.7. The Morgan fingerprint density at radius 3 is 1.97 bits per heavy atom. The van der Waals surface area contributed by atoms with Crippen LogP contribution in [0.3, 0.4) is 0 Å². The van der Waals surface area contributed by atoms with Crippen LogP contribution < -0.4 is 10.0 Å². The van der Waals surface area contributed by atoms with Crippen LogP contribution in [-0.4, -0.2) is 38.7 Å². The van der Waals surface area contributed by atoms with Crippen molar-refractivity contribution >= 4 is 33.2 Å². The molecule has 184 valence electrons. The highest BCUT2D eigenvalue weighted by molar-refractivity contribution is 7.92. The van der Waals surface area contributed by atoms with E-state index in [9.17, 15) is 18.0 Å². The number of nitrogens with one attached hydrogen (secondary N) is 2. The van der Waals surface area contributed by atoms with Gasteiger partial charge in [0, 0.05) is 24.0 Å². The summed E-state index contributed by atoms with van der Waals surface area (Å²) in [6.45, 7) is 9.57. The first kappa shape index (κ1) is 26.0. The molecular weight excluding hydrogens is 462 g/mol. The van der Waals surface area contributed by atoms with Crippen LogP contribution in [0.2, 0.25) is 0 Å². The largest absolute Gasteiger partial charge is 0.332 e. The normalized spacial score (nSPS) is 11.1. The van der Waals surface area contributed by atoms with Crippen molar-refractivity contribution in [3.05, 3.63) is 88.0 Å². The second-order valence-electron chi connectivity index (χ2n) is 8.91. The standard InChI is InChI=1S/C27H31N3O4S/c1-17-13-20(4)26(21(5)14-17)28-25(31)16-30(6)27(32)22-8-11-24(12-9-22)35(33,34)29-23-10-7-18(2)19(3)15-23/h7-15,29H,16H2,1-6H3,(H,28,31). The van der Waals surface area contributed by atoms with Crippen LogP contribution in [0.5, 0.6) is 0 Å². The number of rotatable bonds is 7. The van der Waals surface area contributed by atoms with Gasteiger partial charge in [-0.1, -0.05) is 23.8 Å². The minimum absolute atomic E-state index is 0.0398. The third-order valence-corrected chi connectivity index (χ3v) is 7.24. The van der Waals surface area contributed by atoms with Crippen LogP contribution in [0.25, 0.3) is 0 Å². The molecule has 0 aromatic heterocycles. The Kier molecular flexibility index (Phi) is 7.65. The van der Waals surface area contributed by atoms with Gasteiger partial charge in [-0.2, -0.15) is 0 Å². The summed E-state index contributed by atoms with van der Waals surface area (Å²) in [4.78, 5) is 26.7. The number of amides is 2. The zero-order chi connectivity index (χ0) is 25.9. The molecule has 35 heavy (non-hydrogen) atoms. The Bertz CT molecular complexity index is 1360. The molecule has 8 heteroatoms. The van der Waals surface area contributed by atoms with Crippen LogP contribution in [0, 0.1) is 34.6 Å². The minimum Gasteiger partial charge on any atom is -0.332 e. The van der Waals surface area contributed by atoms with E-state index in [1.807, 2.05) is 52.8 Å². The van der Waals surface area contributed by atoms with Crippen molar-refractivity contribution in [2.24, 2.45) is 0 Å². The SMILES string of the molecule is Cc1cc(C)c(NC(=O)CN(C)C(=O)c2ccc(S(=O)(=O)Nc3ccc(C)c(C)c3)cc2)c(C)c1. The average molecular weight is 494 g/mol. The second-order valence-corrected chi connectivity index (χ2v) is 10.6. The van der Waals surface area contributed by atoms with Crippen molar-refractivity contribution in [3.8, 4) is 0 Å². The van der Waals surface area contributed by atoms with Gasteiger partial charge in [0.1, 0.15) is 0 Å². The fraction of sp³-hybridized carbons (Fsp3) is 0.259. The lowest BCUT2D eigenvalue weighted by molar-refractivity contribution is -0.116. The van der Waals surface area contributed by atoms with E-state index < -0.39 is 10.0 Å². The number of hydrogen-bond donors (Lipinski definition) is 2. The van der Waals surface area contributed by atoms with Crippen molar-refractivity contribution in [1.82, 2.24) is 4.90 Å². The van der Waals surface area contributed by atoms with E-state index in [1.165, 1.54) is 36.2 Å². The number of hydrogen-bond acceptors (Lipinski definition) is 4. The lowest BCUT2D eigenvalue weighted by Gasteiger charge is -2.19. The van der Waals surface area contributed by atoms with Gasteiger partial charge in [0.25, 0.3) is 15.9 Å². The second kappa shape index (κ2) is 10.3. The van der Waals surface area contributed by atoms with Gasteiger partial charge < -0.3 is 10.2 Å². The molecule has 0 radical (unpaired) electrons. The van der Waals surface area contributed by atoms with Crippen LogP contribution in [-0.2, 0) is 14.8 Å². The molecule has 0 aliphatic heterocycles. The Morgan fingerprint density at radius 2 is 1.40 bits per heavy atom. The highest BCUT2D eigenvalue weighted by Crippen LogP contribution is 2.22. The van der Waals surface area contributed by atoms with E-state index in [4.69, 9.17) is 0 Å². The number of likely N-dealkylation sites (N-methyl/N-ethyl adjacent to an activating group) is 1. The fourth-order valence-corrected chi connectivity index (χ4v) is 4.91. The predicted molar refractivity (Wildman–Crippen MR) is 139 cm³/mol. The van der Waals surface area contributed by atoms with Crippen molar-refractivity contribution in [2.45, 2.75) is 39.5 Å². The lowest BCUT2D eigenvalue weighted by Crippen LogP contribution is -2.35. The zero-order valence-corrected chi connectivity index (χ0v) is 21.7. The Hall–Kier alpha value is -3.65. The van der Waals surface area contributed by atoms with Crippen molar-refractivity contribution in [1.29, 1.82) is 0 Å². The molecule has 0 aliphatic rings. The smallest absolute Gasteiger partial charge is 0.261 e. The van der Waals surface area contributed by atoms with Crippen molar-refractivity contribution < 1.29 is 18.0 Å². The number of nitrogens with zero attached hydrogens (tertiary/aromatic N) is 1. The Labute approximate surface area is 207 Å². The lowest BCUT2D eigenvalue weighted by atomic mass is 10.1. The van der Waals surface area contributed by atoms with Crippen molar-refractivity contribution in [2.75, 3.05) is 23.6 Å². The van der Waals surface area contributed by atoms with Crippen molar-refractivity contribution in [3.63, 3.8) is 0 Å². The summed E-state index contributed by atoms with van der Waals surface area (Å²) >= 11 is 0. The first-order chi connectivity index (χ1) is 16.4. The van der Waals surface area contributed by atoms with Gasteiger partial charge in [-0.3, -0.25) is 14.3 Å². The Morgan fingerprint density at radius 1 is 0.800 bits per heavy atom. The average Bonchev–Trinajstić information content (AvgIpc) is 2.78. The van der Waals surface area contributed by atoms with Gasteiger partial charge in [0.2, 0.25) is 5.91 Å². The molecule has 3 aromatic rings. The number of anilines is 2. The molecule has 0 saturated heterocycles. The first-order valence-electron chi connectivity index (χ1n) is 11.2. The van der Waals surface area contributed by atoms with Crippen LogP contribution in [0.4, 0.5) is 11.4 Å². The Balaban J connectivity index is 1.66. The molecule has 3 rings (SSSR count). The zero-order valence-electron chi connectivity index (χ0n) is 20.9. The summed E-state index contributed by atoms with van der Waals surface area (Å²) < 4.78 is 28.1. The predicted octanol–water partition coefficient (Wildman–Crippen LogP) is 4.74. The van der Waals surface area contributed by atoms with E-state index in [2.05, 4.69) is 10.0 Å². The van der Waals surface area contributed by atoms with Gasteiger partial charge in [0.15, 0.2) is 0 Å². The molecule has 0 unspecified atom stereocenters. The summed E-state index contributed by atoms with van der Waals surface area (Å²) in [6.07, 6.45) is 0. The molecule has 2 N–H and O–H groups in total.